The number of carboxylic acid groups (broad SMARTS) is 1. The minimum atomic E-state index is -0.759. The van der Waals surface area contributed by atoms with Gasteiger partial charge in [0, 0.05) is 19.0 Å². The Bertz CT molecular complexity index is 518. The highest BCUT2D eigenvalue weighted by molar-refractivity contribution is 6.33. The van der Waals surface area contributed by atoms with E-state index in [9.17, 15) is 4.79 Å². The zero-order chi connectivity index (χ0) is 13.3. The maximum Gasteiger partial charge on any atom is 0.306 e. The number of hydrogen-bond donors (Lipinski definition) is 1. The second kappa shape index (κ2) is 4.87. The van der Waals surface area contributed by atoms with E-state index in [0.29, 0.717) is 23.7 Å². The molecule has 0 saturated carbocycles. The number of hydrogen-bond acceptors (Lipinski definition) is 3. The topological polar surface area (TPSA) is 64.3 Å². The number of halogens is 1. The van der Waals surface area contributed by atoms with E-state index >= 15 is 0 Å². The van der Waals surface area contributed by atoms with Crippen LogP contribution in [0.5, 0.6) is 0 Å². The van der Waals surface area contributed by atoms with Crippen molar-refractivity contribution >= 4 is 23.3 Å². The van der Waals surface area contributed by atoms with E-state index < -0.39 is 5.97 Å². The first-order valence-corrected chi connectivity index (χ1v) is 6.08. The van der Waals surface area contributed by atoms with Gasteiger partial charge in [0.1, 0.15) is 0 Å². The summed E-state index contributed by atoms with van der Waals surface area (Å²) in [6, 6.07) is 7.19. The van der Waals surface area contributed by atoms with Crippen LogP contribution in [0, 0.1) is 23.2 Å². The summed E-state index contributed by atoms with van der Waals surface area (Å²) >= 11 is 6.10. The van der Waals surface area contributed by atoms with Crippen LogP contribution >= 0.6 is 11.6 Å². The van der Waals surface area contributed by atoms with Crippen molar-refractivity contribution in [2.24, 2.45) is 11.8 Å². The quantitative estimate of drug-likeness (QED) is 0.910. The molecule has 2 rings (SSSR count). The monoisotopic (exact) mass is 264 g/mol. The number of carboxylic acids is 1. The highest BCUT2D eigenvalue weighted by Crippen LogP contribution is 2.34. The molecule has 1 atom stereocenters. The van der Waals surface area contributed by atoms with E-state index in [1.807, 2.05) is 17.0 Å². The van der Waals surface area contributed by atoms with Crippen molar-refractivity contribution in [2.75, 3.05) is 18.0 Å². The standard InChI is InChI=1S/C13H13ClN2O2/c1-8(13(17)18)10-6-16(7-10)12-3-2-9(5-15)4-11(12)14/h2-4,8,10H,6-7H2,1H3,(H,17,18). The predicted octanol–water partition coefficient (Wildman–Crippen LogP) is 2.37. The van der Waals surface area contributed by atoms with Crippen molar-refractivity contribution in [1.29, 1.82) is 5.26 Å². The Labute approximate surface area is 110 Å². The molecule has 0 bridgehead atoms. The van der Waals surface area contributed by atoms with Crippen molar-refractivity contribution < 1.29 is 9.90 Å². The minimum Gasteiger partial charge on any atom is -0.481 e. The second-order valence-electron chi connectivity index (χ2n) is 4.57. The van der Waals surface area contributed by atoms with Gasteiger partial charge in [-0.1, -0.05) is 18.5 Å². The molecule has 0 radical (unpaired) electrons. The molecule has 5 heteroatoms. The Morgan fingerprint density at radius 2 is 2.28 bits per heavy atom. The molecule has 1 fully saturated rings. The van der Waals surface area contributed by atoms with Crippen LogP contribution in [-0.4, -0.2) is 24.2 Å². The molecule has 1 N–H and O–H groups in total. The van der Waals surface area contributed by atoms with Crippen molar-refractivity contribution in [2.45, 2.75) is 6.92 Å². The summed E-state index contributed by atoms with van der Waals surface area (Å²) in [5.74, 6) is -0.932. The van der Waals surface area contributed by atoms with Gasteiger partial charge in [0.2, 0.25) is 0 Å². The third-order valence-electron chi connectivity index (χ3n) is 3.42. The summed E-state index contributed by atoms with van der Waals surface area (Å²) in [4.78, 5) is 12.9. The van der Waals surface area contributed by atoms with Gasteiger partial charge in [-0.05, 0) is 18.2 Å². The van der Waals surface area contributed by atoms with E-state index in [4.69, 9.17) is 22.0 Å². The summed E-state index contributed by atoms with van der Waals surface area (Å²) in [6.45, 7) is 3.11. The van der Waals surface area contributed by atoms with Gasteiger partial charge in [-0.2, -0.15) is 5.26 Å². The number of benzene rings is 1. The first-order chi connectivity index (χ1) is 8.52. The highest BCUT2D eigenvalue weighted by atomic mass is 35.5. The fourth-order valence-electron chi connectivity index (χ4n) is 2.06. The van der Waals surface area contributed by atoms with Crippen molar-refractivity contribution in [3.05, 3.63) is 28.8 Å². The largest absolute Gasteiger partial charge is 0.481 e. The smallest absolute Gasteiger partial charge is 0.306 e. The number of nitrogens with zero attached hydrogens (tertiary/aromatic N) is 2. The first-order valence-electron chi connectivity index (χ1n) is 5.70. The van der Waals surface area contributed by atoms with Crippen molar-refractivity contribution in [3.63, 3.8) is 0 Å². The second-order valence-corrected chi connectivity index (χ2v) is 4.98. The van der Waals surface area contributed by atoms with Crippen molar-refractivity contribution in [3.8, 4) is 6.07 Å². The van der Waals surface area contributed by atoms with Gasteiger partial charge >= 0.3 is 5.97 Å². The maximum atomic E-state index is 10.8. The predicted molar refractivity (Wildman–Crippen MR) is 68.7 cm³/mol. The van der Waals surface area contributed by atoms with E-state index in [1.165, 1.54) is 0 Å². The lowest BCUT2D eigenvalue weighted by atomic mass is 9.86. The van der Waals surface area contributed by atoms with E-state index in [0.717, 1.165) is 5.69 Å². The van der Waals surface area contributed by atoms with Gasteiger partial charge in [-0.15, -0.1) is 0 Å². The highest BCUT2D eigenvalue weighted by Gasteiger charge is 2.35. The first kappa shape index (κ1) is 12.7. The number of nitriles is 1. The normalized spacial score (nSPS) is 16.8. The molecule has 1 aromatic rings. The third kappa shape index (κ3) is 2.27. The van der Waals surface area contributed by atoms with Crippen LogP contribution in [0.15, 0.2) is 18.2 Å². The molecule has 94 valence electrons. The van der Waals surface area contributed by atoms with Crippen LogP contribution in [0.25, 0.3) is 0 Å². The average Bonchev–Trinajstić information content (AvgIpc) is 2.28. The van der Waals surface area contributed by atoms with Gasteiger partial charge in [0.15, 0.2) is 0 Å². The minimum absolute atomic E-state index is 0.161. The molecule has 1 aliphatic heterocycles. The van der Waals surface area contributed by atoms with Crippen LogP contribution in [0.4, 0.5) is 5.69 Å². The Kier molecular flexibility index (Phi) is 3.44. The lowest BCUT2D eigenvalue weighted by Gasteiger charge is -2.43. The number of carbonyl (C=O) groups is 1. The summed E-state index contributed by atoms with van der Waals surface area (Å²) < 4.78 is 0. The van der Waals surface area contributed by atoms with E-state index in [1.54, 1.807) is 19.1 Å². The molecule has 1 unspecified atom stereocenters. The fraction of sp³-hybridized carbons (Fsp3) is 0.385. The lowest BCUT2D eigenvalue weighted by molar-refractivity contribution is -0.143. The number of aliphatic carboxylic acids is 1. The molecule has 1 aromatic carbocycles. The molecule has 4 nitrogen and oxygen atoms in total. The molecule has 18 heavy (non-hydrogen) atoms. The molecule has 0 spiro atoms. The third-order valence-corrected chi connectivity index (χ3v) is 3.73. The lowest BCUT2D eigenvalue weighted by Crippen LogP contribution is -2.51. The summed E-state index contributed by atoms with van der Waals surface area (Å²) in [5.41, 5.74) is 1.39. The van der Waals surface area contributed by atoms with Gasteiger partial charge in [-0.3, -0.25) is 4.79 Å². The molecule has 0 amide bonds. The van der Waals surface area contributed by atoms with Crippen LogP contribution in [0.1, 0.15) is 12.5 Å². The molecule has 0 aliphatic carbocycles. The Balaban J connectivity index is 2.05. The van der Waals surface area contributed by atoms with Gasteiger partial charge in [0.25, 0.3) is 0 Å². The molecule has 1 saturated heterocycles. The SMILES string of the molecule is CC(C(=O)O)C1CN(c2ccc(C#N)cc2Cl)C1. The maximum absolute atomic E-state index is 10.8. The summed E-state index contributed by atoms with van der Waals surface area (Å²) in [7, 11) is 0. The summed E-state index contributed by atoms with van der Waals surface area (Å²) in [6.07, 6.45) is 0. The zero-order valence-corrected chi connectivity index (χ0v) is 10.7. The molecular weight excluding hydrogens is 252 g/mol. The van der Waals surface area contributed by atoms with E-state index in [-0.39, 0.29) is 11.8 Å². The van der Waals surface area contributed by atoms with Crippen LogP contribution in [0.3, 0.4) is 0 Å². The van der Waals surface area contributed by atoms with Gasteiger partial charge < -0.3 is 10.0 Å². The summed E-state index contributed by atoms with van der Waals surface area (Å²) in [5, 5.41) is 18.2. The zero-order valence-electron chi connectivity index (χ0n) is 9.93. The number of anilines is 1. The van der Waals surface area contributed by atoms with E-state index in [2.05, 4.69) is 0 Å². The van der Waals surface area contributed by atoms with Gasteiger partial charge in [0.05, 0.1) is 28.3 Å². The molecular formula is C13H13ClN2O2. The van der Waals surface area contributed by atoms with Crippen LogP contribution < -0.4 is 4.90 Å². The average molecular weight is 265 g/mol. The Morgan fingerprint density at radius 3 is 2.78 bits per heavy atom. The Morgan fingerprint density at radius 1 is 1.61 bits per heavy atom. The van der Waals surface area contributed by atoms with Gasteiger partial charge in [-0.25, -0.2) is 0 Å². The molecule has 1 aliphatic rings. The number of rotatable bonds is 3. The van der Waals surface area contributed by atoms with Crippen molar-refractivity contribution in [1.82, 2.24) is 0 Å². The Hall–Kier alpha value is -1.73. The molecule has 1 heterocycles. The fourth-order valence-corrected chi connectivity index (χ4v) is 2.36. The molecule has 0 aromatic heterocycles. The van der Waals surface area contributed by atoms with Crippen LogP contribution in [-0.2, 0) is 4.79 Å². The van der Waals surface area contributed by atoms with Crippen LogP contribution in [0.2, 0.25) is 5.02 Å².